The molecule has 0 fully saturated rings. The largest absolute Gasteiger partial charge is 0.294 e. The molecular weight excluding hydrogens is 228 g/mol. The highest BCUT2D eigenvalue weighted by Crippen LogP contribution is 2.25. The molecule has 0 aliphatic carbocycles. The summed E-state index contributed by atoms with van der Waals surface area (Å²) >= 11 is 0. The summed E-state index contributed by atoms with van der Waals surface area (Å²) < 4.78 is 1.70. The van der Waals surface area contributed by atoms with Crippen molar-refractivity contribution in [1.29, 1.82) is 0 Å². The van der Waals surface area contributed by atoms with Crippen molar-refractivity contribution in [2.45, 2.75) is 0 Å². The molecule has 0 amide bonds. The zero-order valence-electron chi connectivity index (χ0n) is 9.74. The summed E-state index contributed by atoms with van der Waals surface area (Å²) in [5.41, 5.74) is 2.36. The second kappa shape index (κ2) is 4.03. The summed E-state index contributed by atoms with van der Waals surface area (Å²) in [4.78, 5) is 19.3. The van der Waals surface area contributed by atoms with E-state index < -0.39 is 0 Å². The Kier molecular flexibility index (Phi) is 2.37. The maximum Gasteiger partial charge on any atom is 0.193 e. The minimum atomic E-state index is 0.188. The third kappa shape index (κ3) is 1.66. The molecular formula is C13H10N4O. The first-order valence-corrected chi connectivity index (χ1v) is 5.49. The second-order valence-corrected chi connectivity index (χ2v) is 3.97. The zero-order valence-corrected chi connectivity index (χ0v) is 9.74. The Hall–Kier alpha value is -2.56. The summed E-state index contributed by atoms with van der Waals surface area (Å²) in [6, 6.07) is 7.61. The Bertz CT molecular complexity index is 733. The fraction of sp³-hybridized carbons (Fsp3) is 0.0769. The van der Waals surface area contributed by atoms with Crippen molar-refractivity contribution in [1.82, 2.24) is 19.7 Å². The van der Waals surface area contributed by atoms with Gasteiger partial charge < -0.3 is 0 Å². The molecule has 3 aromatic rings. The number of carbonyl (C=O) groups excluding carboxylic acids is 1. The van der Waals surface area contributed by atoms with Crippen molar-refractivity contribution < 1.29 is 4.79 Å². The number of hydrogen-bond donors (Lipinski definition) is 0. The van der Waals surface area contributed by atoms with Crippen molar-refractivity contribution in [3.63, 3.8) is 0 Å². The van der Waals surface area contributed by atoms with Crippen LogP contribution in [0, 0.1) is 0 Å². The molecule has 0 aliphatic heterocycles. The molecule has 2 heterocycles. The molecule has 0 saturated heterocycles. The maximum atomic E-state index is 10.9. The summed E-state index contributed by atoms with van der Waals surface area (Å²) in [5, 5.41) is 5.04. The van der Waals surface area contributed by atoms with Gasteiger partial charge in [-0.1, -0.05) is 18.2 Å². The number of fused-ring (bicyclic) bond motifs is 1. The van der Waals surface area contributed by atoms with Crippen LogP contribution in [-0.2, 0) is 7.05 Å². The zero-order chi connectivity index (χ0) is 12.5. The lowest BCUT2D eigenvalue weighted by atomic mass is 10.1. The number of carbonyl (C=O) groups is 1. The molecule has 0 atom stereocenters. The average Bonchev–Trinajstić information content (AvgIpc) is 2.84. The van der Waals surface area contributed by atoms with Crippen LogP contribution in [0.25, 0.3) is 22.2 Å². The van der Waals surface area contributed by atoms with Crippen LogP contribution >= 0.6 is 0 Å². The highest BCUT2D eigenvalue weighted by atomic mass is 16.1. The van der Waals surface area contributed by atoms with Crippen molar-refractivity contribution in [3.8, 4) is 11.3 Å². The molecule has 0 radical (unpaired) electrons. The fourth-order valence-corrected chi connectivity index (χ4v) is 1.91. The summed E-state index contributed by atoms with van der Waals surface area (Å²) in [6.07, 6.45) is 4.25. The summed E-state index contributed by atoms with van der Waals surface area (Å²) in [7, 11) is 1.84. The molecule has 0 N–H and O–H groups in total. The third-order valence-corrected chi connectivity index (χ3v) is 2.70. The van der Waals surface area contributed by atoms with E-state index in [1.165, 1.54) is 0 Å². The van der Waals surface area contributed by atoms with Gasteiger partial charge in [-0.15, -0.1) is 0 Å². The molecule has 0 unspecified atom stereocenters. The number of rotatable bonds is 2. The number of nitrogens with zero attached hydrogens (tertiary/aromatic N) is 4. The number of aryl methyl sites for hydroxylation is 1. The Morgan fingerprint density at radius 1 is 1.22 bits per heavy atom. The van der Waals surface area contributed by atoms with E-state index in [1.807, 2.05) is 37.5 Å². The molecule has 0 aliphatic rings. The molecule has 5 nitrogen and oxygen atoms in total. The van der Waals surface area contributed by atoms with Crippen molar-refractivity contribution in [3.05, 3.63) is 42.5 Å². The van der Waals surface area contributed by atoms with Crippen LogP contribution in [0.4, 0.5) is 0 Å². The van der Waals surface area contributed by atoms with Gasteiger partial charge in [0, 0.05) is 24.2 Å². The first-order valence-electron chi connectivity index (χ1n) is 5.49. The molecule has 1 aromatic carbocycles. The van der Waals surface area contributed by atoms with E-state index in [1.54, 1.807) is 10.9 Å². The highest BCUT2D eigenvalue weighted by molar-refractivity contribution is 5.93. The maximum absolute atomic E-state index is 10.9. The normalized spacial score (nSPS) is 10.7. The van der Waals surface area contributed by atoms with Crippen molar-refractivity contribution in [2.75, 3.05) is 0 Å². The molecule has 18 heavy (non-hydrogen) atoms. The van der Waals surface area contributed by atoms with E-state index >= 15 is 0 Å². The predicted octanol–water partition coefficient (Wildman–Crippen LogP) is 1.84. The van der Waals surface area contributed by atoms with Gasteiger partial charge in [-0.05, 0) is 6.07 Å². The van der Waals surface area contributed by atoms with E-state index in [4.69, 9.17) is 0 Å². The van der Waals surface area contributed by atoms with Gasteiger partial charge in [0.25, 0.3) is 0 Å². The average molecular weight is 238 g/mol. The fourth-order valence-electron chi connectivity index (χ4n) is 1.91. The quantitative estimate of drug-likeness (QED) is 0.639. The third-order valence-electron chi connectivity index (χ3n) is 2.70. The lowest BCUT2D eigenvalue weighted by Crippen LogP contribution is -1.96. The summed E-state index contributed by atoms with van der Waals surface area (Å²) in [6.45, 7) is 0. The Morgan fingerprint density at radius 2 is 2.06 bits per heavy atom. The SMILES string of the molecule is Cn1cc(-c2nc(C=O)nc3ccccc23)cn1. The standard InChI is InChI=1S/C13H10N4O/c1-17-7-9(6-14-17)13-10-4-2-3-5-11(10)15-12(8-18)16-13/h2-8H,1H3. The summed E-state index contributed by atoms with van der Waals surface area (Å²) in [5.74, 6) is 0.188. The minimum absolute atomic E-state index is 0.188. The van der Waals surface area contributed by atoms with Gasteiger partial charge in [0.15, 0.2) is 12.1 Å². The lowest BCUT2D eigenvalue weighted by Gasteiger charge is -2.03. The van der Waals surface area contributed by atoms with Crippen LogP contribution in [-0.4, -0.2) is 26.0 Å². The van der Waals surface area contributed by atoms with E-state index in [2.05, 4.69) is 15.1 Å². The number of aromatic nitrogens is 4. The molecule has 0 spiro atoms. The van der Waals surface area contributed by atoms with Crippen LogP contribution < -0.4 is 0 Å². The van der Waals surface area contributed by atoms with Crippen molar-refractivity contribution >= 4 is 17.2 Å². The van der Waals surface area contributed by atoms with E-state index in [-0.39, 0.29) is 5.82 Å². The van der Waals surface area contributed by atoms with Gasteiger partial charge >= 0.3 is 0 Å². The molecule has 2 aromatic heterocycles. The van der Waals surface area contributed by atoms with Gasteiger partial charge in [0.2, 0.25) is 0 Å². The van der Waals surface area contributed by atoms with Crippen LogP contribution in [0.1, 0.15) is 10.6 Å². The predicted molar refractivity (Wildman–Crippen MR) is 67.1 cm³/mol. The van der Waals surface area contributed by atoms with Crippen LogP contribution in [0.5, 0.6) is 0 Å². The van der Waals surface area contributed by atoms with Gasteiger partial charge in [0.1, 0.15) is 0 Å². The van der Waals surface area contributed by atoms with E-state index in [0.29, 0.717) is 6.29 Å². The number of para-hydroxylation sites is 1. The van der Waals surface area contributed by atoms with Gasteiger partial charge in [0.05, 0.1) is 17.4 Å². The first-order chi connectivity index (χ1) is 8.78. The van der Waals surface area contributed by atoms with Crippen LogP contribution in [0.2, 0.25) is 0 Å². The highest BCUT2D eigenvalue weighted by Gasteiger charge is 2.10. The monoisotopic (exact) mass is 238 g/mol. The molecule has 5 heteroatoms. The van der Waals surface area contributed by atoms with Crippen LogP contribution in [0.15, 0.2) is 36.7 Å². The number of aldehydes is 1. The van der Waals surface area contributed by atoms with Crippen LogP contribution in [0.3, 0.4) is 0 Å². The Morgan fingerprint density at radius 3 is 2.78 bits per heavy atom. The minimum Gasteiger partial charge on any atom is -0.294 e. The number of hydrogen-bond acceptors (Lipinski definition) is 4. The molecule has 0 saturated carbocycles. The molecule has 3 rings (SSSR count). The van der Waals surface area contributed by atoms with Gasteiger partial charge in [-0.25, -0.2) is 9.97 Å². The molecule has 0 bridgehead atoms. The Labute approximate surface area is 103 Å². The van der Waals surface area contributed by atoms with Gasteiger partial charge in [-0.2, -0.15) is 5.10 Å². The van der Waals surface area contributed by atoms with E-state index in [0.717, 1.165) is 22.2 Å². The van der Waals surface area contributed by atoms with Crippen molar-refractivity contribution in [2.24, 2.45) is 7.05 Å². The smallest absolute Gasteiger partial charge is 0.193 e. The first kappa shape index (κ1) is 10.6. The second-order valence-electron chi connectivity index (χ2n) is 3.97. The number of benzene rings is 1. The van der Waals surface area contributed by atoms with Gasteiger partial charge in [-0.3, -0.25) is 9.48 Å². The van der Waals surface area contributed by atoms with E-state index in [9.17, 15) is 4.79 Å². The lowest BCUT2D eigenvalue weighted by molar-refractivity contribution is 0.111. The molecule has 88 valence electrons. The Balaban J connectivity index is 2.35. The topological polar surface area (TPSA) is 60.7 Å².